The van der Waals surface area contributed by atoms with Crippen molar-refractivity contribution in [2.45, 2.75) is 50.3 Å². The van der Waals surface area contributed by atoms with Crippen LogP contribution >= 0.6 is 11.8 Å². The fourth-order valence-electron chi connectivity index (χ4n) is 3.30. The molecule has 0 saturated heterocycles. The van der Waals surface area contributed by atoms with Crippen molar-refractivity contribution in [3.63, 3.8) is 0 Å². The summed E-state index contributed by atoms with van der Waals surface area (Å²) in [6, 6.07) is -0.319. The van der Waals surface area contributed by atoms with E-state index >= 15 is 0 Å². The second kappa shape index (κ2) is 9.13. The maximum Gasteiger partial charge on any atom is 0.350 e. The molecule has 1 aromatic heterocycles. The highest BCUT2D eigenvalue weighted by Gasteiger charge is 2.36. The maximum atomic E-state index is 12.6. The van der Waals surface area contributed by atoms with Gasteiger partial charge in [0, 0.05) is 24.7 Å². The third kappa shape index (κ3) is 4.86. The predicted octanol–water partition coefficient (Wildman–Crippen LogP) is 1.99. The number of hydrogen-bond acceptors (Lipinski definition) is 7. The van der Waals surface area contributed by atoms with Crippen molar-refractivity contribution in [1.29, 1.82) is 0 Å². The Kier molecular flexibility index (Phi) is 6.61. The van der Waals surface area contributed by atoms with Crippen LogP contribution in [0.3, 0.4) is 0 Å². The summed E-state index contributed by atoms with van der Waals surface area (Å²) in [5.41, 5.74) is 0.415. The third-order valence-corrected chi connectivity index (χ3v) is 5.58. The number of urea groups is 1. The highest BCUT2D eigenvalue weighted by Crippen LogP contribution is 2.22. The molecule has 0 bridgehead atoms. The smallest absolute Gasteiger partial charge is 0.350 e. The van der Waals surface area contributed by atoms with E-state index in [1.54, 1.807) is 6.92 Å². The molecule has 0 spiro atoms. The third-order valence-electron chi connectivity index (χ3n) is 4.76. The summed E-state index contributed by atoms with van der Waals surface area (Å²) in [6.07, 6.45) is 6.00. The van der Waals surface area contributed by atoms with Gasteiger partial charge in [0.1, 0.15) is 0 Å². The van der Waals surface area contributed by atoms with Crippen molar-refractivity contribution in [2.24, 2.45) is 10.9 Å². The van der Waals surface area contributed by atoms with Gasteiger partial charge in [0.2, 0.25) is 17.7 Å². The Morgan fingerprint density at radius 3 is 2.82 bits per heavy atom. The van der Waals surface area contributed by atoms with Crippen LogP contribution in [0.5, 0.6) is 0 Å². The van der Waals surface area contributed by atoms with Crippen LogP contribution in [0, 0.1) is 5.92 Å². The van der Waals surface area contributed by atoms with Crippen LogP contribution in [0.2, 0.25) is 0 Å². The van der Waals surface area contributed by atoms with Crippen LogP contribution in [0.25, 0.3) is 0 Å². The average molecular weight is 405 g/mol. The Hall–Kier alpha value is -2.49. The van der Waals surface area contributed by atoms with Crippen molar-refractivity contribution >= 4 is 35.3 Å². The maximum absolute atomic E-state index is 12.6. The lowest BCUT2D eigenvalue weighted by Gasteiger charge is -2.27. The van der Waals surface area contributed by atoms with Crippen molar-refractivity contribution in [3.05, 3.63) is 18.5 Å². The molecule has 1 unspecified atom stereocenters. The molecule has 28 heavy (non-hydrogen) atoms. The van der Waals surface area contributed by atoms with E-state index in [9.17, 15) is 14.4 Å². The lowest BCUT2D eigenvalue weighted by molar-refractivity contribution is -0.130. The van der Waals surface area contributed by atoms with E-state index < -0.39 is 11.9 Å². The molecule has 3 rings (SSSR count). The minimum atomic E-state index is -0.637. The molecule has 9 nitrogen and oxygen atoms in total. The van der Waals surface area contributed by atoms with E-state index in [1.165, 1.54) is 6.08 Å². The van der Waals surface area contributed by atoms with Crippen LogP contribution in [-0.2, 0) is 16.0 Å². The normalized spacial score (nSPS) is 20.4. The largest absolute Gasteiger partial charge is 0.416 e. The molecule has 1 aromatic rings. The Morgan fingerprint density at radius 2 is 2.11 bits per heavy atom. The van der Waals surface area contributed by atoms with Crippen molar-refractivity contribution in [1.82, 2.24) is 20.4 Å². The molecule has 1 atom stereocenters. The highest BCUT2D eigenvalue weighted by molar-refractivity contribution is 7.99. The van der Waals surface area contributed by atoms with Gasteiger partial charge in [0.05, 0.1) is 11.7 Å². The molecule has 1 fully saturated rings. The summed E-state index contributed by atoms with van der Waals surface area (Å²) in [6.45, 7) is 5.28. The molecule has 2 heterocycles. The van der Waals surface area contributed by atoms with Gasteiger partial charge in [-0.2, -0.15) is 0 Å². The summed E-state index contributed by atoms with van der Waals surface area (Å²) in [5, 5.41) is 11.1. The van der Waals surface area contributed by atoms with Gasteiger partial charge in [-0.25, -0.2) is 9.79 Å². The van der Waals surface area contributed by atoms with Crippen LogP contribution in [0.1, 0.15) is 38.5 Å². The second-order valence-corrected chi connectivity index (χ2v) is 7.76. The average Bonchev–Trinajstić information content (AvgIpc) is 3.32. The number of amides is 4. The van der Waals surface area contributed by atoms with Crippen molar-refractivity contribution in [2.75, 3.05) is 12.3 Å². The molecule has 0 aromatic carbocycles. The van der Waals surface area contributed by atoms with Gasteiger partial charge >= 0.3 is 6.03 Å². The molecule has 10 heteroatoms. The summed E-state index contributed by atoms with van der Waals surface area (Å²) in [5.74, 6) is -0.592. The number of hydrogen-bond donors (Lipinski definition) is 1. The van der Waals surface area contributed by atoms with Gasteiger partial charge < -0.3 is 9.73 Å². The number of aliphatic imine (C=N–C) groups is 1. The number of rotatable bonds is 8. The SMILES string of the molecule is C=CCN1C(=O)N=C(C)C(Cc2nnc(SCC(=O)NC3CCCC3)o2)C1=O. The standard InChI is InChI=1S/C18H23N5O4S/c1-3-8-23-16(25)13(11(2)19-17(23)26)9-15-21-22-18(27-15)28-10-14(24)20-12-6-4-5-7-12/h3,12-13H,1,4-10H2,2H3,(H,20,24). The van der Waals surface area contributed by atoms with E-state index in [0.717, 1.165) is 42.3 Å². The van der Waals surface area contributed by atoms with Crippen LogP contribution < -0.4 is 5.32 Å². The van der Waals surface area contributed by atoms with Crippen LogP contribution in [0.4, 0.5) is 4.79 Å². The summed E-state index contributed by atoms with van der Waals surface area (Å²) in [7, 11) is 0. The van der Waals surface area contributed by atoms with E-state index in [0.29, 0.717) is 5.71 Å². The molecule has 150 valence electrons. The number of aromatic nitrogens is 2. The lowest BCUT2D eigenvalue weighted by Crippen LogP contribution is -2.46. The first-order chi connectivity index (χ1) is 13.5. The molecule has 4 amide bonds. The van der Waals surface area contributed by atoms with Crippen LogP contribution in [0.15, 0.2) is 27.3 Å². The molecule has 1 N–H and O–H groups in total. The fraction of sp³-hybridized carbons (Fsp3) is 0.556. The quantitative estimate of drug-likeness (QED) is 0.519. The number of thioether (sulfide) groups is 1. The first kappa shape index (κ1) is 20.2. The number of carbonyl (C=O) groups is 3. The van der Waals surface area contributed by atoms with E-state index in [-0.39, 0.29) is 47.7 Å². The number of carbonyl (C=O) groups excluding carboxylic acids is 3. The van der Waals surface area contributed by atoms with Gasteiger partial charge in [-0.3, -0.25) is 14.5 Å². The predicted molar refractivity (Wildman–Crippen MR) is 103 cm³/mol. The van der Waals surface area contributed by atoms with Gasteiger partial charge in [-0.15, -0.1) is 16.8 Å². The summed E-state index contributed by atoms with van der Waals surface area (Å²) >= 11 is 1.16. The topological polar surface area (TPSA) is 118 Å². The zero-order chi connectivity index (χ0) is 20.1. The molecule has 1 aliphatic carbocycles. The monoisotopic (exact) mass is 405 g/mol. The molecular weight excluding hydrogens is 382 g/mol. The number of nitrogens with zero attached hydrogens (tertiary/aromatic N) is 4. The van der Waals surface area contributed by atoms with Gasteiger partial charge in [-0.05, 0) is 19.8 Å². The summed E-state index contributed by atoms with van der Waals surface area (Å²) < 4.78 is 5.56. The fourth-order valence-corrected chi connectivity index (χ4v) is 3.89. The van der Waals surface area contributed by atoms with E-state index in [2.05, 4.69) is 27.1 Å². The van der Waals surface area contributed by atoms with E-state index in [4.69, 9.17) is 4.42 Å². The minimum absolute atomic E-state index is 0.0549. The molecule has 1 saturated carbocycles. The molecule has 2 aliphatic rings. The summed E-state index contributed by atoms with van der Waals surface area (Å²) in [4.78, 5) is 41.4. The van der Waals surface area contributed by atoms with E-state index in [1.807, 2.05) is 0 Å². The van der Waals surface area contributed by atoms with Crippen molar-refractivity contribution in [3.8, 4) is 0 Å². The Bertz CT molecular complexity index is 800. The Labute approximate surface area is 167 Å². The van der Waals surface area contributed by atoms with Gasteiger partial charge in [0.25, 0.3) is 5.22 Å². The Balaban J connectivity index is 1.55. The number of imide groups is 1. The highest BCUT2D eigenvalue weighted by atomic mass is 32.2. The van der Waals surface area contributed by atoms with Crippen LogP contribution in [-0.4, -0.2) is 57.0 Å². The first-order valence-electron chi connectivity index (χ1n) is 9.24. The van der Waals surface area contributed by atoms with Gasteiger partial charge in [-0.1, -0.05) is 30.7 Å². The van der Waals surface area contributed by atoms with Crippen molar-refractivity contribution < 1.29 is 18.8 Å². The van der Waals surface area contributed by atoms with Gasteiger partial charge in [0.15, 0.2) is 0 Å². The minimum Gasteiger partial charge on any atom is -0.416 e. The molecule has 1 aliphatic heterocycles. The molecular formula is C18H23N5O4S. The Morgan fingerprint density at radius 1 is 1.36 bits per heavy atom. The first-order valence-corrected chi connectivity index (χ1v) is 10.2. The molecule has 0 radical (unpaired) electrons. The zero-order valence-electron chi connectivity index (χ0n) is 15.7. The zero-order valence-corrected chi connectivity index (χ0v) is 16.5. The number of nitrogens with one attached hydrogen (secondary N) is 1. The second-order valence-electron chi connectivity index (χ2n) is 6.83. The lowest BCUT2D eigenvalue weighted by atomic mass is 9.97.